The van der Waals surface area contributed by atoms with Crippen molar-refractivity contribution in [3.63, 3.8) is 0 Å². The normalized spacial score (nSPS) is 11.9. The molecule has 2 aromatic rings. The van der Waals surface area contributed by atoms with Crippen LogP contribution in [0.2, 0.25) is 0 Å². The van der Waals surface area contributed by atoms with E-state index in [0.717, 1.165) is 11.3 Å². The summed E-state index contributed by atoms with van der Waals surface area (Å²) in [5, 5.41) is 8.37. The lowest BCUT2D eigenvalue weighted by Crippen LogP contribution is -2.31. The number of nitrogens with one attached hydrogen (secondary N) is 2. The number of aryl methyl sites for hydroxylation is 1. The Bertz CT molecular complexity index is 525. The van der Waals surface area contributed by atoms with E-state index in [1.165, 1.54) is 11.3 Å². The largest absolute Gasteiger partial charge is 0.374 e. The van der Waals surface area contributed by atoms with Crippen molar-refractivity contribution in [2.24, 2.45) is 0 Å². The van der Waals surface area contributed by atoms with Gasteiger partial charge in [-0.05, 0) is 31.5 Å². The Morgan fingerprint density at radius 1 is 1.44 bits per heavy atom. The smallest absolute Gasteiger partial charge is 0.248 e. The van der Waals surface area contributed by atoms with E-state index in [1.54, 1.807) is 6.20 Å². The Morgan fingerprint density at radius 3 is 2.94 bits per heavy atom. The maximum atomic E-state index is 11.9. The summed E-state index contributed by atoms with van der Waals surface area (Å²) in [4.78, 5) is 15.9. The molecule has 4 nitrogen and oxygen atoms in total. The molecule has 1 atom stereocenters. The van der Waals surface area contributed by atoms with E-state index >= 15 is 0 Å². The van der Waals surface area contributed by atoms with Gasteiger partial charge < -0.3 is 10.6 Å². The van der Waals surface area contributed by atoms with E-state index < -0.39 is 0 Å². The van der Waals surface area contributed by atoms with Crippen molar-refractivity contribution in [3.05, 3.63) is 41.4 Å². The van der Waals surface area contributed by atoms with Gasteiger partial charge in [0.2, 0.25) is 5.91 Å². The zero-order valence-corrected chi connectivity index (χ0v) is 11.1. The molecule has 2 rings (SSSR count). The lowest BCUT2D eigenvalue weighted by atomic mass is 10.2. The van der Waals surface area contributed by atoms with E-state index in [-0.39, 0.29) is 11.9 Å². The molecule has 1 heterocycles. The quantitative estimate of drug-likeness (QED) is 0.889. The fourth-order valence-electron chi connectivity index (χ4n) is 1.55. The Labute approximate surface area is 110 Å². The number of thiazole rings is 1. The summed E-state index contributed by atoms with van der Waals surface area (Å²) in [6.07, 6.45) is 1.67. The summed E-state index contributed by atoms with van der Waals surface area (Å²) in [6, 6.07) is 7.62. The van der Waals surface area contributed by atoms with Crippen LogP contribution in [0.5, 0.6) is 0 Å². The molecule has 1 aromatic heterocycles. The molecule has 0 aliphatic carbocycles. The van der Waals surface area contributed by atoms with Crippen LogP contribution >= 0.6 is 11.3 Å². The minimum atomic E-state index is -0.310. The van der Waals surface area contributed by atoms with E-state index in [1.807, 2.05) is 43.5 Å². The predicted octanol–water partition coefficient (Wildman–Crippen LogP) is 2.89. The van der Waals surface area contributed by atoms with Crippen molar-refractivity contribution < 1.29 is 4.79 Å². The van der Waals surface area contributed by atoms with E-state index in [9.17, 15) is 4.79 Å². The number of anilines is 2. The van der Waals surface area contributed by atoms with Gasteiger partial charge in [0.1, 0.15) is 6.04 Å². The molecule has 0 radical (unpaired) electrons. The maximum absolute atomic E-state index is 11.9. The molecule has 0 aliphatic rings. The molecule has 0 saturated carbocycles. The van der Waals surface area contributed by atoms with Crippen LogP contribution in [0.25, 0.3) is 0 Å². The number of rotatable bonds is 4. The zero-order valence-electron chi connectivity index (χ0n) is 10.3. The average molecular weight is 261 g/mol. The first kappa shape index (κ1) is 12.6. The number of benzene rings is 1. The molecule has 0 aliphatic heterocycles. The summed E-state index contributed by atoms with van der Waals surface area (Å²) in [5.41, 5.74) is 2.10. The topological polar surface area (TPSA) is 54.0 Å². The fraction of sp³-hybridized carbons (Fsp3) is 0.231. The van der Waals surface area contributed by atoms with Crippen molar-refractivity contribution in [1.29, 1.82) is 0 Å². The molecule has 2 N–H and O–H groups in total. The summed E-state index contributed by atoms with van der Waals surface area (Å²) in [7, 11) is 0. The first-order valence-corrected chi connectivity index (χ1v) is 6.56. The number of hydrogen-bond donors (Lipinski definition) is 2. The number of hydrogen-bond acceptors (Lipinski definition) is 4. The van der Waals surface area contributed by atoms with Gasteiger partial charge in [-0.15, -0.1) is 11.3 Å². The van der Waals surface area contributed by atoms with Gasteiger partial charge in [-0.3, -0.25) is 4.79 Å². The summed E-state index contributed by atoms with van der Waals surface area (Å²) in [5.74, 6) is -0.0912. The third kappa shape index (κ3) is 3.30. The van der Waals surface area contributed by atoms with Gasteiger partial charge >= 0.3 is 0 Å². The van der Waals surface area contributed by atoms with Gasteiger partial charge in [0.15, 0.2) is 5.13 Å². The molecular weight excluding hydrogens is 246 g/mol. The van der Waals surface area contributed by atoms with E-state index in [2.05, 4.69) is 15.6 Å². The molecule has 94 valence electrons. The van der Waals surface area contributed by atoms with E-state index in [4.69, 9.17) is 0 Å². The summed E-state index contributed by atoms with van der Waals surface area (Å²) in [6.45, 7) is 3.84. The molecule has 1 amide bonds. The van der Waals surface area contributed by atoms with Crippen LogP contribution in [0, 0.1) is 6.92 Å². The Balaban J connectivity index is 1.95. The van der Waals surface area contributed by atoms with Crippen molar-refractivity contribution in [2.45, 2.75) is 19.9 Å². The first-order chi connectivity index (χ1) is 8.65. The minimum absolute atomic E-state index is 0.0912. The number of carbonyl (C=O) groups excluding carboxylic acids is 1. The van der Waals surface area contributed by atoms with Crippen molar-refractivity contribution in [3.8, 4) is 0 Å². The van der Waals surface area contributed by atoms with Crippen LogP contribution in [-0.4, -0.2) is 16.9 Å². The molecule has 0 fully saturated rings. The number of aromatic nitrogens is 1. The third-order valence-corrected chi connectivity index (χ3v) is 3.15. The molecular formula is C13H15N3OS. The maximum Gasteiger partial charge on any atom is 0.248 e. The fourth-order valence-corrected chi connectivity index (χ4v) is 2.08. The first-order valence-electron chi connectivity index (χ1n) is 5.69. The second kappa shape index (κ2) is 5.64. The van der Waals surface area contributed by atoms with Gasteiger partial charge in [-0.1, -0.05) is 12.1 Å². The average Bonchev–Trinajstić information content (AvgIpc) is 2.81. The van der Waals surface area contributed by atoms with Crippen LogP contribution < -0.4 is 10.6 Å². The second-order valence-corrected chi connectivity index (χ2v) is 4.96. The highest BCUT2D eigenvalue weighted by atomic mass is 32.1. The van der Waals surface area contributed by atoms with Crippen LogP contribution in [-0.2, 0) is 4.79 Å². The molecule has 5 heteroatoms. The van der Waals surface area contributed by atoms with Gasteiger partial charge in [0.05, 0.1) is 0 Å². The highest BCUT2D eigenvalue weighted by Crippen LogP contribution is 2.13. The number of carbonyl (C=O) groups is 1. The third-order valence-electron chi connectivity index (χ3n) is 2.46. The SMILES string of the molecule is Cc1cccc(N[C@H](C)C(=O)Nc2nccs2)c1. The Kier molecular flexibility index (Phi) is 3.94. The van der Waals surface area contributed by atoms with Gasteiger partial charge in [-0.2, -0.15) is 0 Å². The summed E-state index contributed by atoms with van der Waals surface area (Å²) < 4.78 is 0. The minimum Gasteiger partial charge on any atom is -0.374 e. The number of nitrogens with zero attached hydrogens (tertiary/aromatic N) is 1. The molecule has 18 heavy (non-hydrogen) atoms. The highest BCUT2D eigenvalue weighted by Gasteiger charge is 2.13. The Hall–Kier alpha value is -1.88. The Morgan fingerprint density at radius 2 is 2.28 bits per heavy atom. The molecule has 0 bridgehead atoms. The lowest BCUT2D eigenvalue weighted by Gasteiger charge is -2.14. The van der Waals surface area contributed by atoms with E-state index in [0.29, 0.717) is 5.13 Å². The molecule has 1 aromatic carbocycles. The second-order valence-electron chi connectivity index (χ2n) is 4.06. The van der Waals surface area contributed by atoms with Gasteiger partial charge in [-0.25, -0.2) is 4.98 Å². The van der Waals surface area contributed by atoms with Crippen molar-refractivity contribution >= 4 is 28.1 Å². The number of amides is 1. The van der Waals surface area contributed by atoms with Crippen LogP contribution in [0.1, 0.15) is 12.5 Å². The van der Waals surface area contributed by atoms with Gasteiger partial charge in [0, 0.05) is 17.3 Å². The lowest BCUT2D eigenvalue weighted by molar-refractivity contribution is -0.116. The highest BCUT2D eigenvalue weighted by molar-refractivity contribution is 7.13. The van der Waals surface area contributed by atoms with Crippen molar-refractivity contribution in [1.82, 2.24) is 4.98 Å². The van der Waals surface area contributed by atoms with Crippen LogP contribution in [0.4, 0.5) is 10.8 Å². The zero-order chi connectivity index (χ0) is 13.0. The summed E-state index contributed by atoms with van der Waals surface area (Å²) >= 11 is 1.41. The molecule has 0 unspecified atom stereocenters. The standard InChI is InChI=1S/C13H15N3OS/c1-9-4-3-5-11(8-9)15-10(2)12(17)16-13-14-6-7-18-13/h3-8,10,15H,1-2H3,(H,14,16,17)/t10-/m1/s1. The van der Waals surface area contributed by atoms with Crippen LogP contribution in [0.15, 0.2) is 35.8 Å². The van der Waals surface area contributed by atoms with Crippen molar-refractivity contribution in [2.75, 3.05) is 10.6 Å². The monoisotopic (exact) mass is 261 g/mol. The predicted molar refractivity (Wildman–Crippen MR) is 75.0 cm³/mol. The molecule has 0 spiro atoms. The van der Waals surface area contributed by atoms with Gasteiger partial charge in [0.25, 0.3) is 0 Å². The van der Waals surface area contributed by atoms with Crippen LogP contribution in [0.3, 0.4) is 0 Å². The molecule has 0 saturated heterocycles.